The molecule has 2 N–H and O–H groups in total. The van der Waals surface area contributed by atoms with Crippen LogP contribution in [0.2, 0.25) is 0 Å². The van der Waals surface area contributed by atoms with Crippen LogP contribution in [-0.2, 0) is 18.4 Å². The lowest BCUT2D eigenvalue weighted by Gasteiger charge is -2.29. The second kappa shape index (κ2) is 31.9. The number of quaternary nitrogens is 1. The third kappa shape index (κ3) is 33.5. The lowest BCUT2D eigenvalue weighted by atomic mass is 10.0. The van der Waals surface area contributed by atoms with Crippen molar-refractivity contribution in [2.75, 3.05) is 40.9 Å². The Morgan fingerprint density at radius 2 is 1.19 bits per heavy atom. The standard InChI is InChI=1S/C39H77N2O6P/c1-6-8-10-11-12-13-14-15-16-17-18-19-20-21-22-23-24-25-26-27-28-29-31-33-39(43)40-37(38(42)32-30-9-7-2)36-47-48(44,45)46-35-34-41(3,4)5/h17-18,30,32,37-38,42H,6-16,19-29,31,33-36H2,1-5H3,(H-,40,43,44,45)/b18-17-,32-30+. The molecule has 0 aromatic heterocycles. The van der Waals surface area contributed by atoms with E-state index in [0.29, 0.717) is 17.4 Å². The van der Waals surface area contributed by atoms with Gasteiger partial charge in [0.25, 0.3) is 7.82 Å². The monoisotopic (exact) mass is 701 g/mol. The first-order valence-electron chi connectivity index (χ1n) is 19.7. The predicted molar refractivity (Wildman–Crippen MR) is 201 cm³/mol. The van der Waals surface area contributed by atoms with E-state index in [1.807, 2.05) is 34.1 Å². The molecular weight excluding hydrogens is 623 g/mol. The number of carbonyl (C=O) groups is 1. The van der Waals surface area contributed by atoms with Crippen molar-refractivity contribution < 1.29 is 32.9 Å². The normalized spacial score (nSPS) is 14.9. The predicted octanol–water partition coefficient (Wildman–Crippen LogP) is 9.55. The van der Waals surface area contributed by atoms with Crippen LogP contribution in [0.5, 0.6) is 0 Å². The van der Waals surface area contributed by atoms with Crippen molar-refractivity contribution in [3.8, 4) is 0 Å². The Morgan fingerprint density at radius 1 is 0.708 bits per heavy atom. The number of rotatable bonds is 35. The molecule has 0 aromatic rings. The maximum Gasteiger partial charge on any atom is 0.268 e. The van der Waals surface area contributed by atoms with Gasteiger partial charge in [-0.05, 0) is 38.5 Å². The third-order valence-electron chi connectivity index (χ3n) is 8.64. The maximum atomic E-state index is 12.6. The first-order valence-corrected chi connectivity index (χ1v) is 21.2. The largest absolute Gasteiger partial charge is 0.756 e. The quantitative estimate of drug-likeness (QED) is 0.0295. The van der Waals surface area contributed by atoms with Gasteiger partial charge in [0.1, 0.15) is 13.2 Å². The van der Waals surface area contributed by atoms with Crippen LogP contribution >= 0.6 is 7.82 Å². The zero-order valence-corrected chi connectivity index (χ0v) is 32.8. The summed E-state index contributed by atoms with van der Waals surface area (Å²) in [6, 6.07) is -0.879. The summed E-state index contributed by atoms with van der Waals surface area (Å²) in [5.74, 6) is -0.211. The molecule has 0 aliphatic carbocycles. The van der Waals surface area contributed by atoms with Crippen LogP contribution in [-0.4, -0.2) is 68.5 Å². The molecule has 3 unspecified atom stereocenters. The van der Waals surface area contributed by atoms with E-state index in [2.05, 4.69) is 24.4 Å². The van der Waals surface area contributed by atoms with Crippen molar-refractivity contribution in [2.24, 2.45) is 0 Å². The molecule has 0 fully saturated rings. The third-order valence-corrected chi connectivity index (χ3v) is 9.60. The molecule has 284 valence electrons. The molecular formula is C39H77N2O6P. The highest BCUT2D eigenvalue weighted by Crippen LogP contribution is 2.38. The van der Waals surface area contributed by atoms with Crippen molar-refractivity contribution in [1.29, 1.82) is 0 Å². The Morgan fingerprint density at radius 3 is 1.67 bits per heavy atom. The van der Waals surface area contributed by atoms with Crippen molar-refractivity contribution in [3.05, 3.63) is 24.3 Å². The molecule has 0 heterocycles. The van der Waals surface area contributed by atoms with Crippen molar-refractivity contribution in [2.45, 2.75) is 180 Å². The minimum Gasteiger partial charge on any atom is -0.756 e. The minimum atomic E-state index is -4.56. The summed E-state index contributed by atoms with van der Waals surface area (Å²) in [5, 5.41) is 13.4. The summed E-state index contributed by atoms with van der Waals surface area (Å²) in [5.41, 5.74) is 0. The van der Waals surface area contributed by atoms with E-state index in [0.717, 1.165) is 32.1 Å². The Kier molecular flexibility index (Phi) is 31.2. The summed E-state index contributed by atoms with van der Waals surface area (Å²) in [4.78, 5) is 24.9. The van der Waals surface area contributed by atoms with Gasteiger partial charge in [-0.25, -0.2) is 0 Å². The van der Waals surface area contributed by atoms with Crippen LogP contribution in [0.25, 0.3) is 0 Å². The molecule has 0 saturated heterocycles. The Labute approximate surface area is 296 Å². The number of nitrogens with zero attached hydrogens (tertiary/aromatic N) is 1. The number of aliphatic hydroxyl groups is 1. The number of phosphoric acid groups is 1. The molecule has 0 aromatic carbocycles. The smallest absolute Gasteiger partial charge is 0.268 e. The van der Waals surface area contributed by atoms with Gasteiger partial charge in [0.2, 0.25) is 5.91 Å². The minimum absolute atomic E-state index is 0.00218. The van der Waals surface area contributed by atoms with Crippen molar-refractivity contribution >= 4 is 13.7 Å². The van der Waals surface area contributed by atoms with E-state index in [1.165, 1.54) is 116 Å². The molecule has 0 radical (unpaired) electrons. The molecule has 0 aliphatic rings. The van der Waals surface area contributed by atoms with Crippen LogP contribution in [0.15, 0.2) is 24.3 Å². The molecule has 0 rings (SSSR count). The van der Waals surface area contributed by atoms with Crippen LogP contribution in [0, 0.1) is 0 Å². The number of allylic oxidation sites excluding steroid dienone is 3. The highest BCUT2D eigenvalue weighted by molar-refractivity contribution is 7.45. The summed E-state index contributed by atoms with van der Waals surface area (Å²) >= 11 is 0. The van der Waals surface area contributed by atoms with Gasteiger partial charge in [-0.15, -0.1) is 0 Å². The molecule has 9 heteroatoms. The van der Waals surface area contributed by atoms with E-state index in [4.69, 9.17) is 9.05 Å². The van der Waals surface area contributed by atoms with Gasteiger partial charge in [0.15, 0.2) is 0 Å². The number of unbranched alkanes of at least 4 members (excludes halogenated alkanes) is 20. The number of nitrogens with one attached hydrogen (secondary N) is 1. The fraction of sp³-hybridized carbons (Fsp3) is 0.872. The lowest BCUT2D eigenvalue weighted by molar-refractivity contribution is -0.870. The molecule has 48 heavy (non-hydrogen) atoms. The molecule has 1 amide bonds. The van der Waals surface area contributed by atoms with Gasteiger partial charge in [-0.2, -0.15) is 0 Å². The van der Waals surface area contributed by atoms with Gasteiger partial charge >= 0.3 is 0 Å². The summed E-state index contributed by atoms with van der Waals surface area (Å²) in [7, 11) is 1.25. The Balaban J connectivity index is 3.95. The number of hydrogen-bond donors (Lipinski definition) is 2. The van der Waals surface area contributed by atoms with E-state index in [1.54, 1.807) is 6.08 Å². The number of likely N-dealkylation sites (N-methyl/N-ethyl adjacent to an activating group) is 1. The second-order valence-corrected chi connectivity index (χ2v) is 16.0. The van der Waals surface area contributed by atoms with Crippen molar-refractivity contribution in [1.82, 2.24) is 5.32 Å². The average molecular weight is 701 g/mol. The van der Waals surface area contributed by atoms with Gasteiger partial charge in [0.05, 0.1) is 39.9 Å². The fourth-order valence-corrected chi connectivity index (χ4v) is 6.17. The zero-order chi connectivity index (χ0) is 35.8. The zero-order valence-electron chi connectivity index (χ0n) is 31.9. The molecule has 8 nitrogen and oxygen atoms in total. The summed E-state index contributed by atoms with van der Waals surface area (Å²) in [6.45, 7) is 4.41. The van der Waals surface area contributed by atoms with E-state index >= 15 is 0 Å². The fourth-order valence-electron chi connectivity index (χ4n) is 5.45. The number of phosphoric ester groups is 1. The van der Waals surface area contributed by atoms with E-state index in [-0.39, 0.29) is 19.1 Å². The lowest BCUT2D eigenvalue weighted by Crippen LogP contribution is -2.45. The second-order valence-electron chi connectivity index (χ2n) is 14.6. The molecule has 0 saturated carbocycles. The highest BCUT2D eigenvalue weighted by Gasteiger charge is 2.23. The Hall–Kier alpha value is -1.02. The summed E-state index contributed by atoms with van der Waals surface area (Å²) in [6.07, 6.45) is 36.0. The topological polar surface area (TPSA) is 108 Å². The average Bonchev–Trinajstić information content (AvgIpc) is 3.02. The summed E-state index contributed by atoms with van der Waals surface area (Å²) < 4.78 is 22.8. The van der Waals surface area contributed by atoms with Gasteiger partial charge in [0, 0.05) is 6.42 Å². The number of carbonyl (C=O) groups excluding carboxylic acids is 1. The molecule has 3 atom stereocenters. The van der Waals surface area contributed by atoms with E-state index < -0.39 is 20.0 Å². The first kappa shape index (κ1) is 47.0. The first-order chi connectivity index (χ1) is 23.0. The van der Waals surface area contributed by atoms with Crippen molar-refractivity contribution in [3.63, 3.8) is 0 Å². The van der Waals surface area contributed by atoms with Gasteiger partial charge < -0.3 is 28.8 Å². The maximum absolute atomic E-state index is 12.6. The SMILES string of the molecule is CCC/C=C/C(O)C(COP(=O)([O-])OCC[N+](C)(C)C)NC(=O)CCCCCCCCCCCCC/C=C\CCCCCCCCCC. The van der Waals surface area contributed by atoms with E-state index in [9.17, 15) is 19.4 Å². The molecule has 0 spiro atoms. The number of aliphatic hydroxyl groups excluding tert-OH is 1. The number of hydrogen-bond acceptors (Lipinski definition) is 6. The number of amides is 1. The van der Waals surface area contributed by atoms with Gasteiger partial charge in [-0.1, -0.05) is 147 Å². The van der Waals surface area contributed by atoms with Crippen LogP contribution in [0.4, 0.5) is 0 Å². The van der Waals surface area contributed by atoms with Crippen LogP contribution in [0.3, 0.4) is 0 Å². The van der Waals surface area contributed by atoms with Crippen LogP contribution in [0.1, 0.15) is 168 Å². The molecule has 0 bridgehead atoms. The Bertz CT molecular complexity index is 845. The highest BCUT2D eigenvalue weighted by atomic mass is 31.2. The molecule has 0 aliphatic heterocycles. The van der Waals surface area contributed by atoms with Gasteiger partial charge in [-0.3, -0.25) is 9.36 Å². The van der Waals surface area contributed by atoms with Crippen LogP contribution < -0.4 is 10.2 Å².